The molecule has 3 atom stereocenters. The lowest BCUT2D eigenvalue weighted by molar-refractivity contribution is 0.0115. The van der Waals surface area contributed by atoms with Crippen molar-refractivity contribution in [2.24, 2.45) is 11.7 Å². The van der Waals surface area contributed by atoms with Gasteiger partial charge in [0.2, 0.25) is 0 Å². The Balaban J connectivity index is 1.71. The number of methoxy groups -OCH3 is 1. The third kappa shape index (κ3) is 3.91. The molecular formula is C13H26N2O2. The predicted octanol–water partition coefficient (Wildman–Crippen LogP) is 0.851. The van der Waals surface area contributed by atoms with E-state index in [9.17, 15) is 0 Å². The van der Waals surface area contributed by atoms with Crippen LogP contribution in [0.4, 0.5) is 0 Å². The van der Waals surface area contributed by atoms with Crippen LogP contribution in [0.5, 0.6) is 0 Å². The number of rotatable bonds is 5. The molecule has 0 aromatic heterocycles. The molecule has 2 fully saturated rings. The first-order valence-electron chi connectivity index (χ1n) is 6.88. The van der Waals surface area contributed by atoms with Crippen LogP contribution in [-0.4, -0.2) is 57.0 Å². The van der Waals surface area contributed by atoms with Gasteiger partial charge in [0, 0.05) is 26.7 Å². The molecule has 2 N–H and O–H groups in total. The number of piperidine rings is 1. The molecule has 4 nitrogen and oxygen atoms in total. The van der Waals surface area contributed by atoms with E-state index in [2.05, 4.69) is 4.90 Å². The molecule has 2 aliphatic heterocycles. The average Bonchev–Trinajstić information content (AvgIpc) is 2.78. The van der Waals surface area contributed by atoms with Gasteiger partial charge in [-0.2, -0.15) is 0 Å². The van der Waals surface area contributed by atoms with Crippen molar-refractivity contribution in [1.29, 1.82) is 0 Å². The van der Waals surface area contributed by atoms with Gasteiger partial charge in [0.15, 0.2) is 0 Å². The van der Waals surface area contributed by atoms with E-state index in [4.69, 9.17) is 15.2 Å². The van der Waals surface area contributed by atoms with Crippen LogP contribution in [0.15, 0.2) is 0 Å². The first-order valence-corrected chi connectivity index (χ1v) is 6.88. The molecule has 2 saturated heterocycles. The molecule has 2 heterocycles. The molecular weight excluding hydrogens is 216 g/mol. The highest BCUT2D eigenvalue weighted by molar-refractivity contribution is 4.80. The van der Waals surface area contributed by atoms with E-state index in [0.29, 0.717) is 24.7 Å². The lowest BCUT2D eigenvalue weighted by Gasteiger charge is -2.33. The maximum Gasteiger partial charge on any atom is 0.0707 e. The van der Waals surface area contributed by atoms with E-state index in [1.807, 2.05) is 0 Å². The summed E-state index contributed by atoms with van der Waals surface area (Å²) in [5.74, 6) is 0.709. The number of nitrogens with two attached hydrogens (primary N) is 1. The number of nitrogens with zero attached hydrogens (tertiary/aromatic N) is 1. The van der Waals surface area contributed by atoms with Crippen molar-refractivity contribution < 1.29 is 9.47 Å². The van der Waals surface area contributed by atoms with E-state index in [-0.39, 0.29) is 0 Å². The molecule has 4 heteroatoms. The summed E-state index contributed by atoms with van der Waals surface area (Å²) in [5, 5.41) is 0. The molecule has 0 aromatic carbocycles. The van der Waals surface area contributed by atoms with Gasteiger partial charge in [-0.3, -0.25) is 0 Å². The normalized spacial score (nSPS) is 35.3. The summed E-state index contributed by atoms with van der Waals surface area (Å²) in [6.07, 6.45) is 5.62. The highest BCUT2D eigenvalue weighted by Crippen LogP contribution is 2.22. The molecule has 0 spiro atoms. The first kappa shape index (κ1) is 13.3. The second kappa shape index (κ2) is 6.69. The Hall–Kier alpha value is -0.160. The Morgan fingerprint density at radius 2 is 2.12 bits per heavy atom. The lowest BCUT2D eigenvalue weighted by Crippen LogP contribution is -2.41. The van der Waals surface area contributed by atoms with Gasteiger partial charge >= 0.3 is 0 Å². The van der Waals surface area contributed by atoms with Crippen molar-refractivity contribution in [3.05, 3.63) is 0 Å². The van der Waals surface area contributed by atoms with Gasteiger partial charge in [-0.15, -0.1) is 0 Å². The Kier molecular flexibility index (Phi) is 5.22. The van der Waals surface area contributed by atoms with Crippen LogP contribution in [0.2, 0.25) is 0 Å². The van der Waals surface area contributed by atoms with Gasteiger partial charge in [-0.05, 0) is 38.1 Å². The van der Waals surface area contributed by atoms with Crippen LogP contribution >= 0.6 is 0 Å². The predicted molar refractivity (Wildman–Crippen MR) is 68.0 cm³/mol. The number of ether oxygens (including phenoxy) is 2. The van der Waals surface area contributed by atoms with Gasteiger partial charge < -0.3 is 20.1 Å². The Bertz CT molecular complexity index is 223. The van der Waals surface area contributed by atoms with Gasteiger partial charge in [-0.25, -0.2) is 0 Å². The molecule has 3 unspecified atom stereocenters. The highest BCUT2D eigenvalue weighted by Gasteiger charge is 2.28. The fraction of sp³-hybridized carbons (Fsp3) is 1.00. The van der Waals surface area contributed by atoms with E-state index in [1.165, 1.54) is 32.4 Å². The Labute approximate surface area is 104 Å². The molecule has 2 aliphatic rings. The third-order valence-corrected chi connectivity index (χ3v) is 3.93. The van der Waals surface area contributed by atoms with Crippen LogP contribution in [-0.2, 0) is 9.47 Å². The van der Waals surface area contributed by atoms with Crippen molar-refractivity contribution in [3.63, 3.8) is 0 Å². The van der Waals surface area contributed by atoms with Crippen LogP contribution in [0.25, 0.3) is 0 Å². The van der Waals surface area contributed by atoms with Gasteiger partial charge in [-0.1, -0.05) is 0 Å². The summed E-state index contributed by atoms with van der Waals surface area (Å²) in [6.45, 7) is 5.03. The largest absolute Gasteiger partial charge is 0.384 e. The second-order valence-electron chi connectivity index (χ2n) is 5.42. The number of hydrogen-bond donors (Lipinski definition) is 1. The van der Waals surface area contributed by atoms with E-state index < -0.39 is 0 Å². The SMILES string of the molecule is COCC1CCCN(CC2CCC(CN)O2)C1. The number of hydrogen-bond acceptors (Lipinski definition) is 4. The standard InChI is InChI=1S/C13H26N2O2/c1-16-10-11-3-2-6-15(8-11)9-13-5-4-12(7-14)17-13/h11-13H,2-10,14H2,1H3. The van der Waals surface area contributed by atoms with Crippen molar-refractivity contribution in [2.45, 2.75) is 37.9 Å². The van der Waals surface area contributed by atoms with Gasteiger partial charge in [0.05, 0.1) is 18.8 Å². The van der Waals surface area contributed by atoms with Crippen molar-refractivity contribution in [1.82, 2.24) is 4.90 Å². The average molecular weight is 242 g/mol. The molecule has 2 rings (SSSR count). The minimum Gasteiger partial charge on any atom is -0.384 e. The summed E-state index contributed by atoms with van der Waals surface area (Å²) in [7, 11) is 1.80. The maximum absolute atomic E-state index is 5.91. The smallest absolute Gasteiger partial charge is 0.0707 e. The molecule has 0 aliphatic carbocycles. The second-order valence-corrected chi connectivity index (χ2v) is 5.42. The van der Waals surface area contributed by atoms with Crippen LogP contribution in [0, 0.1) is 5.92 Å². The molecule has 100 valence electrons. The Morgan fingerprint density at radius 3 is 2.82 bits per heavy atom. The molecule has 0 amide bonds. The highest BCUT2D eigenvalue weighted by atomic mass is 16.5. The zero-order valence-corrected chi connectivity index (χ0v) is 10.9. The summed E-state index contributed by atoms with van der Waals surface area (Å²) in [5.41, 5.74) is 5.64. The van der Waals surface area contributed by atoms with Crippen molar-refractivity contribution in [3.8, 4) is 0 Å². The molecule has 0 bridgehead atoms. The summed E-state index contributed by atoms with van der Waals surface area (Å²) >= 11 is 0. The minimum atomic E-state index is 0.305. The van der Waals surface area contributed by atoms with E-state index in [1.54, 1.807) is 7.11 Å². The quantitative estimate of drug-likeness (QED) is 0.776. The van der Waals surface area contributed by atoms with Crippen LogP contribution < -0.4 is 5.73 Å². The first-order chi connectivity index (χ1) is 8.31. The summed E-state index contributed by atoms with van der Waals surface area (Å²) in [6, 6.07) is 0. The van der Waals surface area contributed by atoms with Crippen molar-refractivity contribution in [2.75, 3.05) is 39.9 Å². The molecule has 0 aromatic rings. The topological polar surface area (TPSA) is 47.7 Å². The third-order valence-electron chi connectivity index (χ3n) is 3.93. The summed E-state index contributed by atoms with van der Waals surface area (Å²) < 4.78 is 11.2. The fourth-order valence-corrected chi connectivity index (χ4v) is 3.06. The van der Waals surface area contributed by atoms with Crippen LogP contribution in [0.3, 0.4) is 0 Å². The van der Waals surface area contributed by atoms with Gasteiger partial charge in [0.25, 0.3) is 0 Å². The molecule has 17 heavy (non-hydrogen) atoms. The molecule has 0 saturated carbocycles. The maximum atomic E-state index is 5.91. The van der Waals surface area contributed by atoms with E-state index in [0.717, 1.165) is 19.6 Å². The van der Waals surface area contributed by atoms with Crippen molar-refractivity contribution >= 4 is 0 Å². The zero-order chi connectivity index (χ0) is 12.1. The van der Waals surface area contributed by atoms with Gasteiger partial charge in [0.1, 0.15) is 0 Å². The Morgan fingerprint density at radius 1 is 1.29 bits per heavy atom. The number of likely N-dealkylation sites (tertiary alicyclic amines) is 1. The molecule has 0 radical (unpaired) electrons. The zero-order valence-electron chi connectivity index (χ0n) is 10.9. The van der Waals surface area contributed by atoms with Crippen LogP contribution in [0.1, 0.15) is 25.7 Å². The van der Waals surface area contributed by atoms with E-state index >= 15 is 0 Å². The monoisotopic (exact) mass is 242 g/mol. The summed E-state index contributed by atoms with van der Waals surface area (Å²) in [4.78, 5) is 2.54. The minimum absolute atomic E-state index is 0.305. The fourth-order valence-electron chi connectivity index (χ4n) is 3.06. The lowest BCUT2D eigenvalue weighted by atomic mass is 9.98.